The van der Waals surface area contributed by atoms with Gasteiger partial charge < -0.3 is 47.4 Å². The molecule has 17 rings (SSSR count). The minimum atomic E-state index is -4.47. The number of ether oxygens (including phenoxy) is 1. The highest BCUT2D eigenvalue weighted by Gasteiger charge is 2.39. The molecule has 2 unspecified atom stereocenters. The minimum Gasteiger partial charge on any atom is -0.378 e. The second kappa shape index (κ2) is 41.5. The first-order chi connectivity index (χ1) is 65.5. The van der Waals surface area contributed by atoms with Crippen molar-refractivity contribution in [3.05, 3.63) is 266 Å². The Hall–Kier alpha value is -11.9. The van der Waals surface area contributed by atoms with Gasteiger partial charge >= 0.3 is 6.18 Å². The Kier molecular flexibility index (Phi) is 30.8. The lowest BCUT2D eigenvalue weighted by Crippen LogP contribution is -2.46. The molecule has 734 valence electrons. The van der Waals surface area contributed by atoms with E-state index in [0.717, 1.165) is 199 Å². The molecule has 2 atom stereocenters. The van der Waals surface area contributed by atoms with Crippen LogP contribution in [0.1, 0.15) is 250 Å². The fourth-order valence-corrected chi connectivity index (χ4v) is 21.4. The number of likely N-dealkylation sites (tertiary alicyclic amines) is 3. The molecule has 5 fully saturated rings. The normalized spacial score (nSPS) is 16.4. The Morgan fingerprint density at radius 2 is 0.878 bits per heavy atom. The van der Waals surface area contributed by atoms with Crippen molar-refractivity contribution in [2.75, 3.05) is 65.6 Å². The number of benzene rings is 5. The molecule has 5 aliphatic rings. The predicted octanol–water partition coefficient (Wildman–Crippen LogP) is 23.6. The first kappa shape index (κ1) is 103. The van der Waals surface area contributed by atoms with Crippen LogP contribution in [0.2, 0.25) is 10.0 Å². The monoisotopic (exact) mass is 1940 g/mol. The molecule has 0 radical (unpaired) electrons. The number of amides is 4. The lowest BCUT2D eigenvalue weighted by Gasteiger charge is -2.40. The third kappa shape index (κ3) is 21.7. The Morgan fingerprint density at radius 3 is 1.32 bits per heavy atom. The van der Waals surface area contributed by atoms with E-state index in [4.69, 9.17) is 27.9 Å². The summed E-state index contributed by atoms with van der Waals surface area (Å²) in [5, 5.41) is 13.5. The van der Waals surface area contributed by atoms with E-state index >= 15 is 0 Å². The van der Waals surface area contributed by atoms with Crippen LogP contribution in [0.4, 0.5) is 35.1 Å². The number of hydrogen-bond acceptors (Lipinski definition) is 11. The fourth-order valence-electron chi connectivity index (χ4n) is 20.8. The van der Waals surface area contributed by atoms with Crippen LogP contribution in [-0.2, 0) is 79.8 Å². The maximum Gasteiger partial charge on any atom is 0.416 e. The average molecular weight is 1950 g/mol. The van der Waals surface area contributed by atoms with Gasteiger partial charge in [-0.15, -0.1) is 0 Å². The molecule has 139 heavy (non-hydrogen) atoms. The third-order valence-corrected chi connectivity index (χ3v) is 30.5. The van der Waals surface area contributed by atoms with E-state index in [9.17, 15) is 69.2 Å². The number of aromatic nitrogens is 7. The first-order valence-corrected chi connectivity index (χ1v) is 48.3. The number of rotatable bonds is 18. The molecular weight excluding hydrogens is 1820 g/mol. The number of ketones is 2. The zero-order valence-corrected chi connectivity index (χ0v) is 84.0. The number of nitrogens with zero attached hydrogens (tertiary/aromatic N) is 12. The quantitative estimate of drug-likeness (QED) is 0.0738. The van der Waals surface area contributed by atoms with E-state index in [1.165, 1.54) is 43.2 Å². The van der Waals surface area contributed by atoms with Gasteiger partial charge in [0.25, 0.3) is 35.5 Å². The number of pyridine rings is 3. The molecule has 0 bridgehead atoms. The van der Waals surface area contributed by atoms with Crippen LogP contribution in [0.3, 0.4) is 0 Å². The van der Waals surface area contributed by atoms with E-state index in [2.05, 4.69) is 50.4 Å². The molecule has 4 aliphatic heterocycles. The molecule has 1 saturated carbocycles. The fraction of sp³-hybridized carbons (Fsp3) is 0.436. The summed E-state index contributed by atoms with van der Waals surface area (Å²) in [6, 6.07) is 25.6. The third-order valence-electron chi connectivity index (χ3n) is 29.7. The summed E-state index contributed by atoms with van der Waals surface area (Å²) in [4.78, 5) is 97.0. The summed E-state index contributed by atoms with van der Waals surface area (Å²) >= 11 is 13.0. The number of alkyl halides is 8. The largest absolute Gasteiger partial charge is 0.416 e. The number of carbonyl (C=O) groups is 6. The van der Waals surface area contributed by atoms with Gasteiger partial charge in [-0.25, -0.2) is 22.0 Å². The smallest absolute Gasteiger partial charge is 0.378 e. The Balaban J connectivity index is 0.000000148. The molecule has 0 N–H and O–H groups in total. The first-order valence-electron chi connectivity index (χ1n) is 47.6. The van der Waals surface area contributed by atoms with E-state index in [0.29, 0.717) is 120 Å². The highest BCUT2D eigenvalue weighted by atomic mass is 35.5. The summed E-state index contributed by atoms with van der Waals surface area (Å²) in [6.45, 7) is 33.7. The molecular formula is C110H122Cl2F8N12O7. The number of morpholine rings is 1. The van der Waals surface area contributed by atoms with Gasteiger partial charge in [0.2, 0.25) is 0 Å². The highest BCUT2D eigenvalue weighted by Crippen LogP contribution is 2.44. The van der Waals surface area contributed by atoms with E-state index < -0.39 is 41.6 Å². The summed E-state index contributed by atoms with van der Waals surface area (Å²) in [7, 11) is 7.46. The molecule has 4 saturated heterocycles. The van der Waals surface area contributed by atoms with Gasteiger partial charge in [-0.3, -0.25) is 38.9 Å². The zero-order valence-electron chi connectivity index (χ0n) is 82.5. The van der Waals surface area contributed by atoms with E-state index in [1.54, 1.807) is 79.3 Å². The Labute approximate surface area is 816 Å². The lowest BCUT2D eigenvalue weighted by molar-refractivity contribution is -0.137. The number of carbonyl (C=O) groups excluding carboxylic acids is 6. The van der Waals surface area contributed by atoms with E-state index in [1.807, 2.05) is 115 Å². The average Bonchev–Trinajstić information content (AvgIpc) is 1.61. The highest BCUT2D eigenvalue weighted by molar-refractivity contribution is 6.38. The van der Waals surface area contributed by atoms with Crippen LogP contribution in [0, 0.1) is 104 Å². The SMILES string of the molecule is C=C(c1c(C)ncc(C(=O)N2CCC(C3CCC3)CC2)c1C)c1cc2c(C)cc(C#N)cc2n1C.CC(=O)C1CCN(C(=O)c2ccc(Cl)c(Cc3cc4c(C)cc(C(F)(F)F)cc4n3C)c2Cl)CC1F.CC(=O)CC1CCN(C(=O)c2cnc(C)c(Cc3cc4c(C)cc(C(C)(F)F)cc4n3C)c2C)CC1.Cc1ncc(C(=O)N2CCOCC2)c(C)c1Cc1cc2c(C)cc(C(C)(F)F)cc2n1C. The van der Waals surface area contributed by atoms with Crippen LogP contribution in [0.25, 0.3) is 49.2 Å². The molecule has 11 heterocycles. The van der Waals surface area contributed by atoms with Crippen molar-refractivity contribution in [1.82, 2.24) is 52.8 Å². The van der Waals surface area contributed by atoms with E-state index in [-0.39, 0.29) is 76.9 Å². The van der Waals surface area contributed by atoms with Crippen LogP contribution in [-0.4, -0.2) is 160 Å². The van der Waals surface area contributed by atoms with Crippen molar-refractivity contribution in [3.63, 3.8) is 0 Å². The molecule has 12 aromatic rings. The van der Waals surface area contributed by atoms with Crippen LogP contribution in [0.5, 0.6) is 0 Å². The van der Waals surface area contributed by atoms with Gasteiger partial charge in [-0.05, 0) is 274 Å². The number of hydrogen-bond donors (Lipinski definition) is 0. The standard InChI is InChI=1S/C30H34N4O.C29H35F2N3O2.C26H24Cl2F4N2O2.C25H29F2N3O2/c1-18-13-22(16-31)14-28-25(18)15-27(33(28)5)20(3)29-19(2)26(17-32-21(29)4)30(35)34-11-9-24(10-12-34)23-7-6-8-23;1-17-11-22(29(5,30)31)13-27-24(17)14-23(33(27)6)15-25-19(3)26(16-32-20(25)4)28(36)34-9-7-21(8-10-34)12-18(2)35;1-13-8-15(26(30,31)32)9-23-19(13)10-16(33(23)3)11-20-21(27)5-4-18(24(20)28)25(36)34-7-6-17(14(2)35)22(29)12-34;1-15-10-18(25(4,26)27)11-23-20(15)12-19(29(23)5)13-21-16(2)22(14-28-17(21)3)24(31)30-6-8-32-9-7-30/h13-15,17,23-24H,3,6-12H2,1-2,4-5H3;11,13-14,16,21H,7-10,12,15H2,1-6H3;4-5,8-10,17,22H,6-7,11-12H2,1-3H3;10-12,14H,6-9,13H2,1-5H3. The molecule has 7 aromatic heterocycles. The second-order valence-electron chi connectivity index (χ2n) is 39.0. The number of halogens is 10. The Bertz CT molecular complexity index is 6900. The Morgan fingerprint density at radius 1 is 0.475 bits per heavy atom. The summed E-state index contributed by atoms with van der Waals surface area (Å²) < 4.78 is 124. The molecule has 1 aliphatic carbocycles. The topological polar surface area (TPSA) is 207 Å². The van der Waals surface area contributed by atoms with Crippen LogP contribution < -0.4 is 0 Å². The minimum absolute atomic E-state index is 0.00828. The van der Waals surface area contributed by atoms with Gasteiger partial charge in [0.05, 0.1) is 70.1 Å². The predicted molar refractivity (Wildman–Crippen MR) is 530 cm³/mol. The second-order valence-corrected chi connectivity index (χ2v) is 39.8. The summed E-state index contributed by atoms with van der Waals surface area (Å²) in [6.07, 6.45) is 9.28. The van der Waals surface area contributed by atoms with Crippen LogP contribution >= 0.6 is 23.2 Å². The van der Waals surface area contributed by atoms with Crippen molar-refractivity contribution >= 4 is 108 Å². The molecule has 0 spiro atoms. The number of aryl methyl sites for hydroxylation is 11. The number of Topliss-reactive ketones (excluding diaryl/α,β-unsaturated/α-hetero) is 2. The van der Waals surface area contributed by atoms with Gasteiger partial charge in [0.15, 0.2) is 0 Å². The maximum atomic E-state index is 14.5. The number of fused-ring (bicyclic) bond motifs is 4. The zero-order chi connectivity index (χ0) is 101. The summed E-state index contributed by atoms with van der Waals surface area (Å²) in [5.74, 6) is -4.97. The molecule has 5 aromatic carbocycles. The molecule has 19 nitrogen and oxygen atoms in total. The van der Waals surface area contributed by atoms with Gasteiger partial charge in [-0.1, -0.05) is 49.0 Å². The van der Waals surface area contributed by atoms with Crippen molar-refractivity contribution in [2.24, 2.45) is 51.9 Å². The van der Waals surface area contributed by atoms with Crippen LogP contribution in [0.15, 0.2) is 110 Å². The van der Waals surface area contributed by atoms with Gasteiger partial charge in [0, 0.05) is 243 Å². The maximum absolute atomic E-state index is 14.5. The number of piperidine rings is 3. The van der Waals surface area contributed by atoms with Gasteiger partial charge in [0.1, 0.15) is 17.7 Å². The van der Waals surface area contributed by atoms with Crippen molar-refractivity contribution in [3.8, 4) is 6.07 Å². The molecule has 4 amide bonds. The van der Waals surface area contributed by atoms with Gasteiger partial charge in [-0.2, -0.15) is 18.4 Å². The van der Waals surface area contributed by atoms with Crippen molar-refractivity contribution < 1.29 is 68.6 Å². The summed E-state index contributed by atoms with van der Waals surface area (Å²) in [5.41, 5.74) is 21.3. The molecule has 29 heteroatoms. The number of nitriles is 1. The van der Waals surface area contributed by atoms with Crippen molar-refractivity contribution in [1.29, 1.82) is 5.26 Å². The lowest BCUT2D eigenvalue weighted by atomic mass is 9.72. The van der Waals surface area contributed by atoms with Crippen molar-refractivity contribution in [2.45, 2.75) is 198 Å².